The molecule has 0 atom stereocenters. The molecule has 130 valence electrons. The number of benzene rings is 2. The molecule has 0 radical (unpaired) electrons. The Balaban J connectivity index is 1.84. The predicted molar refractivity (Wildman–Crippen MR) is 103 cm³/mol. The summed E-state index contributed by atoms with van der Waals surface area (Å²) in [7, 11) is 0. The molecule has 0 spiro atoms. The van der Waals surface area contributed by atoms with Crippen LogP contribution in [0.25, 0.3) is 22.6 Å². The standard InChI is InChI=1S/C22H11BrO4/c23-13-9-7-12(8-10-13)17-18-19(24)14-4-1-2-5-15(14)20(25)22(18)27-21(17)16-6-3-11-26-16/h1-11H. The van der Waals surface area contributed by atoms with Crippen LogP contribution in [0.3, 0.4) is 0 Å². The second kappa shape index (κ2) is 5.93. The highest BCUT2D eigenvalue weighted by atomic mass is 79.9. The quantitative estimate of drug-likeness (QED) is 0.366. The van der Waals surface area contributed by atoms with Crippen molar-refractivity contribution in [3.63, 3.8) is 0 Å². The molecular formula is C22H11BrO4. The van der Waals surface area contributed by atoms with Gasteiger partial charge in [0.2, 0.25) is 5.78 Å². The molecule has 5 rings (SSSR count). The zero-order valence-electron chi connectivity index (χ0n) is 13.9. The minimum Gasteiger partial charge on any atom is -0.461 e. The van der Waals surface area contributed by atoms with E-state index in [0.29, 0.717) is 28.2 Å². The molecule has 27 heavy (non-hydrogen) atoms. The molecule has 1 aliphatic rings. The Morgan fingerprint density at radius 2 is 1.41 bits per heavy atom. The van der Waals surface area contributed by atoms with Crippen molar-refractivity contribution in [1.82, 2.24) is 0 Å². The fraction of sp³-hybridized carbons (Fsp3) is 0. The molecule has 0 bridgehead atoms. The summed E-state index contributed by atoms with van der Waals surface area (Å²) < 4.78 is 12.3. The molecule has 4 nitrogen and oxygen atoms in total. The fourth-order valence-electron chi connectivity index (χ4n) is 3.42. The SMILES string of the molecule is O=C1c2ccccc2C(=O)c2c1oc(-c1ccco1)c2-c1ccc(Br)cc1. The molecule has 5 heteroatoms. The number of furan rings is 2. The van der Waals surface area contributed by atoms with Crippen molar-refractivity contribution < 1.29 is 18.4 Å². The van der Waals surface area contributed by atoms with Crippen molar-refractivity contribution >= 4 is 27.5 Å². The first kappa shape index (κ1) is 16.0. The van der Waals surface area contributed by atoms with Gasteiger partial charge in [0, 0.05) is 21.2 Å². The van der Waals surface area contributed by atoms with Crippen molar-refractivity contribution in [2.45, 2.75) is 0 Å². The second-order valence-electron chi connectivity index (χ2n) is 6.20. The number of carbonyl (C=O) groups excluding carboxylic acids is 2. The summed E-state index contributed by atoms with van der Waals surface area (Å²) in [6.07, 6.45) is 1.53. The maximum absolute atomic E-state index is 13.2. The van der Waals surface area contributed by atoms with Gasteiger partial charge >= 0.3 is 0 Å². The Hall–Kier alpha value is -3.18. The molecular weight excluding hydrogens is 408 g/mol. The van der Waals surface area contributed by atoms with Crippen LogP contribution in [0, 0.1) is 0 Å². The third-order valence-electron chi connectivity index (χ3n) is 4.64. The number of fused-ring (bicyclic) bond motifs is 2. The summed E-state index contributed by atoms with van der Waals surface area (Å²) >= 11 is 3.42. The molecule has 0 saturated heterocycles. The summed E-state index contributed by atoms with van der Waals surface area (Å²) in [5, 5.41) is 0. The van der Waals surface area contributed by atoms with Crippen LogP contribution in [0.2, 0.25) is 0 Å². The molecule has 1 aliphatic carbocycles. The first-order chi connectivity index (χ1) is 13.1. The minimum atomic E-state index is -0.295. The largest absolute Gasteiger partial charge is 0.461 e. The van der Waals surface area contributed by atoms with E-state index in [1.807, 2.05) is 24.3 Å². The number of rotatable bonds is 2. The van der Waals surface area contributed by atoms with Gasteiger partial charge in [-0.25, -0.2) is 0 Å². The van der Waals surface area contributed by atoms with Crippen LogP contribution >= 0.6 is 15.9 Å². The molecule has 0 fully saturated rings. The summed E-state index contributed by atoms with van der Waals surface area (Å²) in [4.78, 5) is 26.2. The number of hydrogen-bond donors (Lipinski definition) is 0. The van der Waals surface area contributed by atoms with Crippen molar-refractivity contribution in [3.05, 3.63) is 93.9 Å². The monoisotopic (exact) mass is 418 g/mol. The maximum Gasteiger partial charge on any atom is 0.229 e. The average molecular weight is 419 g/mol. The maximum atomic E-state index is 13.2. The lowest BCUT2D eigenvalue weighted by atomic mass is 9.85. The highest BCUT2D eigenvalue weighted by molar-refractivity contribution is 9.10. The zero-order valence-corrected chi connectivity index (χ0v) is 15.4. The predicted octanol–water partition coefficient (Wildman–Crippen LogP) is 5.74. The molecule has 0 saturated carbocycles. The van der Waals surface area contributed by atoms with Gasteiger partial charge in [-0.05, 0) is 29.8 Å². The van der Waals surface area contributed by atoms with E-state index >= 15 is 0 Å². The Morgan fingerprint density at radius 3 is 2.07 bits per heavy atom. The molecule has 0 aliphatic heterocycles. The van der Waals surface area contributed by atoms with Crippen LogP contribution in [-0.2, 0) is 0 Å². The Morgan fingerprint density at radius 1 is 0.704 bits per heavy atom. The first-order valence-corrected chi connectivity index (χ1v) is 9.09. The number of carbonyl (C=O) groups is 2. The fourth-order valence-corrected chi connectivity index (χ4v) is 3.68. The number of halogens is 1. The van der Waals surface area contributed by atoms with Gasteiger partial charge in [-0.3, -0.25) is 9.59 Å². The molecule has 0 amide bonds. The lowest BCUT2D eigenvalue weighted by Gasteiger charge is -2.14. The van der Waals surface area contributed by atoms with Gasteiger partial charge in [-0.1, -0.05) is 52.3 Å². The summed E-state index contributed by atoms with van der Waals surface area (Å²) in [6.45, 7) is 0. The molecule has 4 aromatic rings. The molecule has 2 heterocycles. The smallest absolute Gasteiger partial charge is 0.229 e. The molecule has 2 aromatic heterocycles. The van der Waals surface area contributed by atoms with Crippen molar-refractivity contribution in [3.8, 4) is 22.6 Å². The molecule has 0 N–H and O–H groups in total. The number of hydrogen-bond acceptors (Lipinski definition) is 4. The average Bonchev–Trinajstić information content (AvgIpc) is 3.35. The van der Waals surface area contributed by atoms with Gasteiger partial charge in [0.25, 0.3) is 0 Å². The van der Waals surface area contributed by atoms with Gasteiger partial charge in [0.05, 0.1) is 11.8 Å². The van der Waals surface area contributed by atoms with Crippen molar-refractivity contribution in [2.24, 2.45) is 0 Å². The Bertz CT molecular complexity index is 1200. The van der Waals surface area contributed by atoms with Crippen LogP contribution in [0.4, 0.5) is 0 Å². The second-order valence-corrected chi connectivity index (χ2v) is 7.11. The van der Waals surface area contributed by atoms with Crippen LogP contribution < -0.4 is 0 Å². The lowest BCUT2D eigenvalue weighted by Crippen LogP contribution is -2.19. The first-order valence-electron chi connectivity index (χ1n) is 8.30. The van der Waals surface area contributed by atoms with Crippen LogP contribution in [0.15, 0.2) is 80.2 Å². The Labute approximate surface area is 162 Å². The van der Waals surface area contributed by atoms with E-state index in [4.69, 9.17) is 8.83 Å². The normalized spacial score (nSPS) is 12.8. The zero-order chi connectivity index (χ0) is 18.5. The van der Waals surface area contributed by atoms with E-state index in [1.165, 1.54) is 6.26 Å². The van der Waals surface area contributed by atoms with Gasteiger partial charge in [0.15, 0.2) is 23.1 Å². The van der Waals surface area contributed by atoms with E-state index in [9.17, 15) is 9.59 Å². The summed E-state index contributed by atoms with van der Waals surface area (Å²) in [5.41, 5.74) is 2.38. The van der Waals surface area contributed by atoms with Gasteiger partial charge < -0.3 is 8.83 Å². The summed E-state index contributed by atoms with van der Waals surface area (Å²) in [5.74, 6) is 0.382. The van der Waals surface area contributed by atoms with Gasteiger partial charge in [-0.15, -0.1) is 0 Å². The van der Waals surface area contributed by atoms with E-state index in [1.54, 1.807) is 36.4 Å². The number of ketones is 2. The lowest BCUT2D eigenvalue weighted by molar-refractivity contribution is 0.0961. The third-order valence-corrected chi connectivity index (χ3v) is 5.16. The molecule has 0 unspecified atom stereocenters. The van der Waals surface area contributed by atoms with E-state index < -0.39 is 0 Å². The highest BCUT2D eigenvalue weighted by Crippen LogP contribution is 2.43. The van der Waals surface area contributed by atoms with Crippen molar-refractivity contribution in [2.75, 3.05) is 0 Å². The van der Waals surface area contributed by atoms with Crippen LogP contribution in [-0.4, -0.2) is 11.6 Å². The van der Waals surface area contributed by atoms with Crippen molar-refractivity contribution in [1.29, 1.82) is 0 Å². The van der Waals surface area contributed by atoms with E-state index in [-0.39, 0.29) is 22.9 Å². The van der Waals surface area contributed by atoms with E-state index in [2.05, 4.69) is 15.9 Å². The molecule has 2 aromatic carbocycles. The van der Waals surface area contributed by atoms with Gasteiger partial charge in [-0.2, -0.15) is 0 Å². The Kier molecular flexibility index (Phi) is 3.52. The van der Waals surface area contributed by atoms with Crippen LogP contribution in [0.5, 0.6) is 0 Å². The topological polar surface area (TPSA) is 60.4 Å². The van der Waals surface area contributed by atoms with Gasteiger partial charge in [0.1, 0.15) is 0 Å². The summed E-state index contributed by atoms with van der Waals surface area (Å²) in [6, 6.07) is 17.8. The van der Waals surface area contributed by atoms with E-state index in [0.717, 1.165) is 10.0 Å². The highest BCUT2D eigenvalue weighted by Gasteiger charge is 2.38. The minimum absolute atomic E-state index is 0.0584. The van der Waals surface area contributed by atoms with Crippen LogP contribution in [0.1, 0.15) is 32.0 Å². The third kappa shape index (κ3) is 2.35.